The summed E-state index contributed by atoms with van der Waals surface area (Å²) in [7, 11) is 2.03. The highest BCUT2D eigenvalue weighted by Crippen LogP contribution is 2.19. The fourth-order valence-corrected chi connectivity index (χ4v) is 3.63. The first-order valence-electron chi connectivity index (χ1n) is 8.77. The highest BCUT2D eigenvalue weighted by molar-refractivity contribution is 7.98. The SMILES string of the molecule is CSc1cccc(CN(C)c2ccc(C(=O)N3CCCCC3)cn2)c1. The zero-order chi connectivity index (χ0) is 17.6. The standard InChI is InChI=1S/C20H25N3OS/c1-22(15-16-7-6-8-18(13-16)25-2)19-10-9-17(14-21-19)20(24)23-11-4-3-5-12-23/h6-10,13-14H,3-5,11-12,15H2,1-2H3. The number of anilines is 1. The summed E-state index contributed by atoms with van der Waals surface area (Å²) in [4.78, 5) is 22.3. The number of thioether (sulfide) groups is 1. The van der Waals surface area contributed by atoms with Crippen LogP contribution in [0.1, 0.15) is 35.2 Å². The Morgan fingerprint density at radius 2 is 2.00 bits per heavy atom. The van der Waals surface area contributed by atoms with Crippen LogP contribution in [0.3, 0.4) is 0 Å². The number of carbonyl (C=O) groups is 1. The Morgan fingerprint density at radius 3 is 2.68 bits per heavy atom. The smallest absolute Gasteiger partial charge is 0.255 e. The van der Waals surface area contributed by atoms with Gasteiger partial charge in [-0.1, -0.05) is 12.1 Å². The maximum absolute atomic E-state index is 12.5. The fraction of sp³-hybridized carbons (Fsp3) is 0.400. The van der Waals surface area contributed by atoms with Crippen LogP contribution in [0.15, 0.2) is 47.5 Å². The number of carbonyl (C=O) groups excluding carboxylic acids is 1. The maximum atomic E-state index is 12.5. The number of likely N-dealkylation sites (tertiary alicyclic amines) is 1. The summed E-state index contributed by atoms with van der Waals surface area (Å²) in [5.74, 6) is 0.985. The topological polar surface area (TPSA) is 36.4 Å². The highest BCUT2D eigenvalue weighted by Gasteiger charge is 2.18. The Labute approximate surface area is 154 Å². The molecule has 0 bridgehead atoms. The predicted octanol–water partition coefficient (Wildman–Crippen LogP) is 4.07. The molecule has 5 heteroatoms. The van der Waals surface area contributed by atoms with Gasteiger partial charge in [0.2, 0.25) is 0 Å². The number of nitrogens with zero attached hydrogens (tertiary/aromatic N) is 3. The molecular weight excluding hydrogens is 330 g/mol. The summed E-state index contributed by atoms with van der Waals surface area (Å²) < 4.78 is 0. The summed E-state index contributed by atoms with van der Waals surface area (Å²) in [6.45, 7) is 2.53. The van der Waals surface area contributed by atoms with Crippen molar-refractivity contribution in [3.63, 3.8) is 0 Å². The Bertz CT molecular complexity index is 711. The van der Waals surface area contributed by atoms with E-state index in [2.05, 4.69) is 40.4 Å². The van der Waals surface area contributed by atoms with Crippen LogP contribution in [0.5, 0.6) is 0 Å². The van der Waals surface area contributed by atoms with Crippen LogP contribution in [-0.4, -0.2) is 42.2 Å². The lowest BCUT2D eigenvalue weighted by Crippen LogP contribution is -2.35. The van der Waals surface area contributed by atoms with E-state index in [1.165, 1.54) is 16.9 Å². The van der Waals surface area contributed by atoms with E-state index < -0.39 is 0 Å². The number of pyridine rings is 1. The minimum atomic E-state index is 0.106. The Kier molecular flexibility index (Phi) is 5.97. The molecule has 0 N–H and O–H groups in total. The number of benzene rings is 1. The van der Waals surface area contributed by atoms with E-state index in [1.807, 2.05) is 24.1 Å². The fourth-order valence-electron chi connectivity index (χ4n) is 3.14. The van der Waals surface area contributed by atoms with Gasteiger partial charge in [0.1, 0.15) is 5.82 Å². The highest BCUT2D eigenvalue weighted by atomic mass is 32.2. The third-order valence-electron chi connectivity index (χ3n) is 4.58. The minimum absolute atomic E-state index is 0.106. The number of aromatic nitrogens is 1. The summed E-state index contributed by atoms with van der Waals surface area (Å²) in [5, 5.41) is 0. The molecule has 0 atom stereocenters. The van der Waals surface area contributed by atoms with Gasteiger partial charge in [-0.3, -0.25) is 4.79 Å². The molecule has 0 radical (unpaired) electrons. The average Bonchev–Trinajstić information content (AvgIpc) is 2.68. The predicted molar refractivity (Wildman–Crippen MR) is 104 cm³/mol. The van der Waals surface area contributed by atoms with Crippen molar-refractivity contribution < 1.29 is 4.79 Å². The van der Waals surface area contributed by atoms with Gasteiger partial charge in [-0.05, 0) is 55.3 Å². The molecule has 0 aliphatic carbocycles. The maximum Gasteiger partial charge on any atom is 0.255 e. The molecule has 1 amide bonds. The molecule has 132 valence electrons. The molecule has 0 unspecified atom stereocenters. The van der Waals surface area contributed by atoms with Gasteiger partial charge in [-0.2, -0.15) is 0 Å². The van der Waals surface area contributed by atoms with E-state index in [0.717, 1.165) is 38.3 Å². The molecule has 1 aliphatic rings. The second-order valence-corrected chi connectivity index (χ2v) is 7.35. The molecule has 0 saturated carbocycles. The van der Waals surface area contributed by atoms with E-state index in [4.69, 9.17) is 0 Å². The molecule has 2 heterocycles. The van der Waals surface area contributed by atoms with Gasteiger partial charge >= 0.3 is 0 Å². The molecule has 2 aromatic rings. The van der Waals surface area contributed by atoms with Crippen LogP contribution in [-0.2, 0) is 6.54 Å². The number of rotatable bonds is 5. The molecule has 0 spiro atoms. The Morgan fingerprint density at radius 1 is 1.20 bits per heavy atom. The molecule has 1 saturated heterocycles. The van der Waals surface area contributed by atoms with Crippen molar-refractivity contribution >= 4 is 23.5 Å². The molecule has 1 aliphatic heterocycles. The van der Waals surface area contributed by atoms with Gasteiger partial charge < -0.3 is 9.80 Å². The van der Waals surface area contributed by atoms with Crippen molar-refractivity contribution in [3.05, 3.63) is 53.7 Å². The second-order valence-electron chi connectivity index (χ2n) is 6.47. The summed E-state index contributed by atoms with van der Waals surface area (Å²) >= 11 is 1.75. The van der Waals surface area contributed by atoms with Crippen LogP contribution in [0.25, 0.3) is 0 Å². The Hall–Kier alpha value is -2.01. The van der Waals surface area contributed by atoms with Crippen LogP contribution in [0, 0.1) is 0 Å². The lowest BCUT2D eigenvalue weighted by molar-refractivity contribution is 0.0724. The van der Waals surface area contributed by atoms with E-state index in [9.17, 15) is 4.79 Å². The largest absolute Gasteiger partial charge is 0.355 e. The number of piperidine rings is 1. The quantitative estimate of drug-likeness (QED) is 0.758. The monoisotopic (exact) mass is 355 g/mol. The molecule has 1 fully saturated rings. The van der Waals surface area contributed by atoms with Gasteiger partial charge in [-0.15, -0.1) is 11.8 Å². The summed E-state index contributed by atoms with van der Waals surface area (Å²) in [6, 6.07) is 12.4. The normalized spacial score (nSPS) is 14.4. The van der Waals surface area contributed by atoms with Crippen LogP contribution in [0.2, 0.25) is 0 Å². The van der Waals surface area contributed by atoms with Crippen LogP contribution >= 0.6 is 11.8 Å². The lowest BCUT2D eigenvalue weighted by Gasteiger charge is -2.26. The van der Waals surface area contributed by atoms with Gasteiger partial charge in [0.25, 0.3) is 5.91 Å². The van der Waals surface area contributed by atoms with Crippen molar-refractivity contribution in [2.24, 2.45) is 0 Å². The average molecular weight is 356 g/mol. The second kappa shape index (κ2) is 8.39. The lowest BCUT2D eigenvalue weighted by atomic mass is 10.1. The van der Waals surface area contributed by atoms with Crippen molar-refractivity contribution in [2.45, 2.75) is 30.7 Å². The molecule has 1 aromatic heterocycles. The van der Waals surface area contributed by atoms with Crippen molar-refractivity contribution in [1.82, 2.24) is 9.88 Å². The molecule has 3 rings (SSSR count). The van der Waals surface area contributed by atoms with E-state index in [1.54, 1.807) is 18.0 Å². The zero-order valence-corrected chi connectivity index (χ0v) is 15.8. The minimum Gasteiger partial charge on any atom is -0.355 e. The molecular formula is C20H25N3OS. The number of hydrogen-bond donors (Lipinski definition) is 0. The van der Waals surface area contributed by atoms with E-state index >= 15 is 0 Å². The first-order valence-corrected chi connectivity index (χ1v) is 9.99. The molecule has 25 heavy (non-hydrogen) atoms. The van der Waals surface area contributed by atoms with Gasteiger partial charge in [-0.25, -0.2) is 4.98 Å². The summed E-state index contributed by atoms with van der Waals surface area (Å²) in [5.41, 5.74) is 1.94. The van der Waals surface area contributed by atoms with Crippen LogP contribution in [0.4, 0.5) is 5.82 Å². The molecule has 1 aromatic carbocycles. The number of hydrogen-bond acceptors (Lipinski definition) is 4. The third-order valence-corrected chi connectivity index (χ3v) is 5.31. The number of amides is 1. The van der Waals surface area contributed by atoms with Crippen molar-refractivity contribution in [2.75, 3.05) is 31.3 Å². The molecule has 4 nitrogen and oxygen atoms in total. The van der Waals surface area contributed by atoms with E-state index in [0.29, 0.717) is 5.56 Å². The van der Waals surface area contributed by atoms with Gasteiger partial charge in [0.05, 0.1) is 5.56 Å². The first-order chi connectivity index (χ1) is 12.2. The Balaban J connectivity index is 1.65. The van der Waals surface area contributed by atoms with Crippen LogP contribution < -0.4 is 4.90 Å². The van der Waals surface area contributed by atoms with Crippen molar-refractivity contribution in [3.8, 4) is 0 Å². The van der Waals surface area contributed by atoms with E-state index in [-0.39, 0.29) is 5.91 Å². The third kappa shape index (κ3) is 4.54. The zero-order valence-electron chi connectivity index (χ0n) is 14.9. The first kappa shape index (κ1) is 17.8. The van der Waals surface area contributed by atoms with Gasteiger partial charge in [0, 0.05) is 37.8 Å². The van der Waals surface area contributed by atoms with Crippen molar-refractivity contribution in [1.29, 1.82) is 0 Å². The van der Waals surface area contributed by atoms with Gasteiger partial charge in [0.15, 0.2) is 0 Å². The summed E-state index contributed by atoms with van der Waals surface area (Å²) in [6.07, 6.45) is 7.23.